The van der Waals surface area contributed by atoms with Crippen LogP contribution in [-0.2, 0) is 9.59 Å². The van der Waals surface area contributed by atoms with Crippen LogP contribution in [0.1, 0.15) is 37.8 Å². The van der Waals surface area contributed by atoms with Gasteiger partial charge in [-0.15, -0.1) is 0 Å². The Labute approximate surface area is 205 Å². The third kappa shape index (κ3) is 5.97. The summed E-state index contributed by atoms with van der Waals surface area (Å²) in [6.45, 7) is 6.16. The van der Waals surface area contributed by atoms with E-state index in [-0.39, 0.29) is 11.4 Å². The fourth-order valence-corrected chi connectivity index (χ4v) is 4.43. The summed E-state index contributed by atoms with van der Waals surface area (Å²) in [5.41, 5.74) is 2.41. The lowest BCUT2D eigenvalue weighted by atomic mass is 10.0. The molecule has 1 N–H and O–H groups in total. The number of rotatable bonds is 8. The van der Waals surface area contributed by atoms with E-state index in [0.29, 0.717) is 39.7 Å². The SMILES string of the molecule is CCOc1cc(Br)c(/C=C2\SC(=O)N(CC(=O)Nc3ccc(C(C)C)cc3)C2=O)cc1OC. The predicted molar refractivity (Wildman–Crippen MR) is 134 cm³/mol. The molecule has 0 radical (unpaired) electrons. The first kappa shape index (κ1) is 24.9. The molecule has 33 heavy (non-hydrogen) atoms. The lowest BCUT2D eigenvalue weighted by Gasteiger charge is -2.13. The van der Waals surface area contributed by atoms with Crippen LogP contribution in [0.25, 0.3) is 6.08 Å². The summed E-state index contributed by atoms with van der Waals surface area (Å²) >= 11 is 4.26. The number of amides is 3. The number of hydrogen-bond acceptors (Lipinski definition) is 6. The van der Waals surface area contributed by atoms with Crippen LogP contribution < -0.4 is 14.8 Å². The van der Waals surface area contributed by atoms with Crippen LogP contribution in [-0.4, -0.2) is 42.2 Å². The second-order valence-corrected chi connectivity index (χ2v) is 9.40. The summed E-state index contributed by atoms with van der Waals surface area (Å²) in [6.07, 6.45) is 1.59. The smallest absolute Gasteiger partial charge is 0.294 e. The van der Waals surface area contributed by atoms with Crippen molar-refractivity contribution in [1.29, 1.82) is 0 Å². The molecule has 3 amide bonds. The number of hydrogen-bond donors (Lipinski definition) is 1. The zero-order valence-electron chi connectivity index (χ0n) is 18.8. The number of halogens is 1. The van der Waals surface area contributed by atoms with Crippen molar-refractivity contribution in [2.45, 2.75) is 26.7 Å². The second kappa shape index (κ2) is 10.9. The number of nitrogens with one attached hydrogen (secondary N) is 1. The molecule has 0 aromatic heterocycles. The van der Waals surface area contributed by atoms with Crippen LogP contribution in [0.15, 0.2) is 45.8 Å². The minimum atomic E-state index is -0.518. The largest absolute Gasteiger partial charge is 0.493 e. The molecule has 1 aliphatic heterocycles. The number of imide groups is 1. The Hall–Kier alpha value is -2.78. The van der Waals surface area contributed by atoms with Crippen molar-refractivity contribution in [2.75, 3.05) is 25.6 Å². The van der Waals surface area contributed by atoms with Gasteiger partial charge in [0.25, 0.3) is 11.1 Å². The van der Waals surface area contributed by atoms with Crippen molar-refractivity contribution < 1.29 is 23.9 Å². The quantitative estimate of drug-likeness (QED) is 0.442. The van der Waals surface area contributed by atoms with Gasteiger partial charge >= 0.3 is 0 Å². The molecule has 0 unspecified atom stereocenters. The molecule has 0 spiro atoms. The van der Waals surface area contributed by atoms with Gasteiger partial charge in [-0.2, -0.15) is 0 Å². The van der Waals surface area contributed by atoms with E-state index in [2.05, 4.69) is 35.1 Å². The molecule has 9 heteroatoms. The number of anilines is 1. The molecular weight excluding hydrogens is 508 g/mol. The maximum absolute atomic E-state index is 12.8. The predicted octanol–water partition coefficient (Wildman–Crippen LogP) is 5.65. The van der Waals surface area contributed by atoms with E-state index in [9.17, 15) is 14.4 Å². The molecule has 0 bridgehead atoms. The number of carbonyl (C=O) groups is 3. The first-order valence-corrected chi connectivity index (χ1v) is 12.0. The summed E-state index contributed by atoms with van der Waals surface area (Å²) in [6, 6.07) is 10.9. The van der Waals surface area contributed by atoms with Crippen molar-refractivity contribution >= 4 is 56.5 Å². The maximum atomic E-state index is 12.8. The van der Waals surface area contributed by atoms with Gasteiger partial charge in [0, 0.05) is 10.2 Å². The highest BCUT2D eigenvalue weighted by Gasteiger charge is 2.36. The normalized spacial score (nSPS) is 14.8. The van der Waals surface area contributed by atoms with Crippen molar-refractivity contribution in [3.05, 3.63) is 56.9 Å². The molecule has 1 saturated heterocycles. The fourth-order valence-electron chi connectivity index (χ4n) is 3.16. The van der Waals surface area contributed by atoms with Crippen LogP contribution >= 0.6 is 27.7 Å². The third-order valence-electron chi connectivity index (χ3n) is 4.91. The number of carbonyl (C=O) groups excluding carboxylic acids is 3. The lowest BCUT2D eigenvalue weighted by Crippen LogP contribution is -2.36. The van der Waals surface area contributed by atoms with Gasteiger partial charge in [0.05, 0.1) is 18.6 Å². The Bertz CT molecular complexity index is 1100. The molecule has 1 aliphatic rings. The molecule has 7 nitrogen and oxygen atoms in total. The maximum Gasteiger partial charge on any atom is 0.294 e. The highest BCUT2D eigenvalue weighted by atomic mass is 79.9. The van der Waals surface area contributed by atoms with Gasteiger partial charge in [-0.1, -0.05) is 41.9 Å². The highest BCUT2D eigenvalue weighted by molar-refractivity contribution is 9.10. The van der Waals surface area contributed by atoms with Gasteiger partial charge in [0.15, 0.2) is 11.5 Å². The van der Waals surface area contributed by atoms with E-state index in [1.165, 1.54) is 7.11 Å². The number of benzene rings is 2. The average molecular weight is 533 g/mol. The summed E-state index contributed by atoms with van der Waals surface area (Å²) in [7, 11) is 1.53. The Morgan fingerprint density at radius 2 is 1.88 bits per heavy atom. The summed E-state index contributed by atoms with van der Waals surface area (Å²) in [4.78, 5) is 38.9. The fraction of sp³-hybridized carbons (Fsp3) is 0.292. The van der Waals surface area contributed by atoms with Gasteiger partial charge in [0.2, 0.25) is 5.91 Å². The molecule has 0 saturated carbocycles. The Balaban J connectivity index is 1.72. The molecule has 1 heterocycles. The Kier molecular flexibility index (Phi) is 8.20. The van der Waals surface area contributed by atoms with Crippen LogP contribution in [0, 0.1) is 0 Å². The summed E-state index contributed by atoms with van der Waals surface area (Å²) in [5.74, 6) is 0.491. The van der Waals surface area contributed by atoms with E-state index in [4.69, 9.17) is 9.47 Å². The molecule has 0 atom stereocenters. The molecule has 3 rings (SSSR count). The standard InChI is InChI=1S/C24H25BrN2O5S/c1-5-32-20-12-18(25)16(10-19(20)31-4)11-21-23(29)27(24(30)33-21)13-22(28)26-17-8-6-15(7-9-17)14(2)3/h6-12,14H,5,13H2,1-4H3,(H,26,28)/b21-11-. The van der Waals surface area contributed by atoms with Crippen molar-refractivity contribution in [3.63, 3.8) is 0 Å². The molecule has 2 aromatic rings. The lowest BCUT2D eigenvalue weighted by molar-refractivity contribution is -0.127. The van der Waals surface area contributed by atoms with Crippen molar-refractivity contribution in [1.82, 2.24) is 4.90 Å². The first-order valence-electron chi connectivity index (χ1n) is 10.4. The van der Waals surface area contributed by atoms with Gasteiger partial charge in [0.1, 0.15) is 6.54 Å². The molecular formula is C24H25BrN2O5S. The van der Waals surface area contributed by atoms with E-state index in [1.54, 1.807) is 30.3 Å². The number of ether oxygens (including phenoxy) is 2. The third-order valence-corrected chi connectivity index (χ3v) is 6.50. The van der Waals surface area contributed by atoms with E-state index < -0.39 is 17.1 Å². The molecule has 0 aliphatic carbocycles. The molecule has 2 aromatic carbocycles. The number of thioether (sulfide) groups is 1. The first-order chi connectivity index (χ1) is 15.7. The van der Waals surface area contributed by atoms with E-state index in [1.807, 2.05) is 19.1 Å². The number of nitrogens with zero attached hydrogens (tertiary/aromatic N) is 1. The van der Waals surface area contributed by atoms with Gasteiger partial charge < -0.3 is 14.8 Å². The highest BCUT2D eigenvalue weighted by Crippen LogP contribution is 2.38. The summed E-state index contributed by atoms with van der Waals surface area (Å²) in [5, 5.41) is 2.24. The summed E-state index contributed by atoms with van der Waals surface area (Å²) < 4.78 is 11.6. The monoisotopic (exact) mass is 532 g/mol. The van der Waals surface area contributed by atoms with Gasteiger partial charge in [-0.25, -0.2) is 0 Å². The zero-order chi connectivity index (χ0) is 24.1. The second-order valence-electron chi connectivity index (χ2n) is 7.55. The van der Waals surface area contributed by atoms with E-state index >= 15 is 0 Å². The minimum Gasteiger partial charge on any atom is -0.493 e. The van der Waals surface area contributed by atoms with Crippen LogP contribution in [0.2, 0.25) is 0 Å². The Morgan fingerprint density at radius 3 is 2.48 bits per heavy atom. The topological polar surface area (TPSA) is 84.9 Å². The van der Waals surface area contributed by atoms with Crippen LogP contribution in [0.3, 0.4) is 0 Å². The van der Waals surface area contributed by atoms with Crippen molar-refractivity contribution in [2.24, 2.45) is 0 Å². The zero-order valence-corrected chi connectivity index (χ0v) is 21.2. The molecule has 174 valence electrons. The Morgan fingerprint density at radius 1 is 1.18 bits per heavy atom. The van der Waals surface area contributed by atoms with Gasteiger partial charge in [-0.05, 0) is 66.1 Å². The number of methoxy groups -OCH3 is 1. The van der Waals surface area contributed by atoms with Crippen LogP contribution in [0.4, 0.5) is 10.5 Å². The van der Waals surface area contributed by atoms with Crippen molar-refractivity contribution in [3.8, 4) is 11.5 Å². The van der Waals surface area contributed by atoms with Gasteiger partial charge in [-0.3, -0.25) is 19.3 Å². The minimum absolute atomic E-state index is 0.223. The molecule has 1 fully saturated rings. The van der Waals surface area contributed by atoms with E-state index in [0.717, 1.165) is 22.2 Å². The average Bonchev–Trinajstić information content (AvgIpc) is 3.03. The van der Waals surface area contributed by atoms with Crippen LogP contribution in [0.5, 0.6) is 11.5 Å².